The van der Waals surface area contributed by atoms with E-state index >= 15 is 0 Å². The molecule has 2 aromatic carbocycles. The Labute approximate surface area is 173 Å². The third-order valence-corrected chi connectivity index (χ3v) is 5.67. The quantitative estimate of drug-likeness (QED) is 0.641. The molecule has 1 aliphatic rings. The third-order valence-electron chi connectivity index (χ3n) is 5.67. The average molecular weight is 394 g/mol. The zero-order chi connectivity index (χ0) is 20.5. The van der Waals surface area contributed by atoms with Crippen LogP contribution in [0.2, 0.25) is 0 Å². The van der Waals surface area contributed by atoms with Crippen molar-refractivity contribution in [2.24, 2.45) is 5.92 Å². The summed E-state index contributed by atoms with van der Waals surface area (Å²) >= 11 is 0. The number of urea groups is 1. The molecule has 3 amide bonds. The highest BCUT2D eigenvalue weighted by molar-refractivity contribution is 5.85. The fourth-order valence-electron chi connectivity index (χ4n) is 3.85. The molecule has 5 nitrogen and oxygen atoms in total. The van der Waals surface area contributed by atoms with Gasteiger partial charge in [-0.15, -0.1) is 0 Å². The van der Waals surface area contributed by atoms with Crippen molar-refractivity contribution in [3.63, 3.8) is 0 Å². The van der Waals surface area contributed by atoms with Crippen LogP contribution in [0.25, 0.3) is 0 Å². The van der Waals surface area contributed by atoms with E-state index in [2.05, 4.69) is 40.4 Å². The molecule has 29 heavy (non-hydrogen) atoms. The van der Waals surface area contributed by atoms with Gasteiger partial charge in [-0.25, -0.2) is 10.2 Å². The van der Waals surface area contributed by atoms with Gasteiger partial charge in [-0.2, -0.15) is 0 Å². The monoisotopic (exact) mass is 393 g/mol. The van der Waals surface area contributed by atoms with Crippen LogP contribution in [-0.2, 0) is 11.2 Å². The number of carbonyl (C=O) groups is 2. The Morgan fingerprint density at radius 2 is 1.66 bits per heavy atom. The molecule has 1 saturated carbocycles. The van der Waals surface area contributed by atoms with Crippen molar-refractivity contribution in [1.82, 2.24) is 16.2 Å². The van der Waals surface area contributed by atoms with Crippen molar-refractivity contribution in [2.75, 3.05) is 6.54 Å². The highest BCUT2D eigenvalue weighted by Gasteiger charge is 2.17. The largest absolute Gasteiger partial charge is 0.336 e. The fourth-order valence-corrected chi connectivity index (χ4v) is 3.85. The van der Waals surface area contributed by atoms with Gasteiger partial charge in [-0.05, 0) is 48.8 Å². The molecule has 5 heteroatoms. The van der Waals surface area contributed by atoms with Gasteiger partial charge in [-0.1, -0.05) is 73.9 Å². The molecule has 0 spiro atoms. The first-order valence-electron chi connectivity index (χ1n) is 10.6. The van der Waals surface area contributed by atoms with Crippen LogP contribution in [-0.4, -0.2) is 18.5 Å². The van der Waals surface area contributed by atoms with Crippen molar-refractivity contribution in [2.45, 2.75) is 51.4 Å². The van der Waals surface area contributed by atoms with E-state index in [-0.39, 0.29) is 17.9 Å². The molecule has 1 fully saturated rings. The van der Waals surface area contributed by atoms with E-state index in [1.165, 1.54) is 37.7 Å². The molecule has 1 aliphatic carbocycles. The standard InChI is InChI=1S/C24H31N3O2/c1-18(22-14-8-13-21(16-22)15-19-9-4-2-5-10-19)23(28)26-27-24(29)25-17-20-11-6-3-7-12-20/h2,4-5,8-10,13-14,16,18,20H,3,6-7,11-12,15,17H2,1H3,(H,26,28)(H2,25,27,29). The maximum Gasteiger partial charge on any atom is 0.333 e. The van der Waals surface area contributed by atoms with E-state index in [0.29, 0.717) is 12.5 Å². The van der Waals surface area contributed by atoms with Crippen LogP contribution in [0.5, 0.6) is 0 Å². The first kappa shape index (κ1) is 20.9. The Balaban J connectivity index is 1.46. The lowest BCUT2D eigenvalue weighted by molar-refractivity contribution is -0.122. The van der Waals surface area contributed by atoms with Gasteiger partial charge in [0, 0.05) is 6.54 Å². The van der Waals surface area contributed by atoms with E-state index in [4.69, 9.17) is 0 Å². The Hall–Kier alpha value is -2.82. The third kappa shape index (κ3) is 6.63. The topological polar surface area (TPSA) is 70.2 Å². The van der Waals surface area contributed by atoms with E-state index in [9.17, 15) is 9.59 Å². The number of benzene rings is 2. The van der Waals surface area contributed by atoms with Crippen LogP contribution in [0, 0.1) is 5.92 Å². The first-order valence-corrected chi connectivity index (χ1v) is 10.6. The molecular formula is C24H31N3O2. The van der Waals surface area contributed by atoms with Crippen LogP contribution in [0.3, 0.4) is 0 Å². The molecule has 3 N–H and O–H groups in total. The Bertz CT molecular complexity index is 801. The molecular weight excluding hydrogens is 362 g/mol. The van der Waals surface area contributed by atoms with Crippen molar-refractivity contribution < 1.29 is 9.59 Å². The lowest BCUT2D eigenvalue weighted by atomic mass is 9.89. The molecule has 154 valence electrons. The van der Waals surface area contributed by atoms with E-state index < -0.39 is 0 Å². The highest BCUT2D eigenvalue weighted by Crippen LogP contribution is 2.22. The zero-order valence-electron chi connectivity index (χ0n) is 17.1. The molecule has 3 rings (SSSR count). The summed E-state index contributed by atoms with van der Waals surface area (Å²) in [4.78, 5) is 24.4. The van der Waals surface area contributed by atoms with Gasteiger partial charge in [0.2, 0.25) is 5.91 Å². The Kier molecular flexibility index (Phi) is 7.68. The van der Waals surface area contributed by atoms with Crippen molar-refractivity contribution in [3.8, 4) is 0 Å². The molecule has 0 heterocycles. The molecule has 0 saturated heterocycles. The normalized spacial score (nSPS) is 15.3. The molecule has 1 unspecified atom stereocenters. The lowest BCUT2D eigenvalue weighted by Gasteiger charge is -2.22. The number of amides is 3. The van der Waals surface area contributed by atoms with Crippen LogP contribution >= 0.6 is 0 Å². The Morgan fingerprint density at radius 3 is 2.41 bits per heavy atom. The summed E-state index contributed by atoms with van der Waals surface area (Å²) in [6, 6.07) is 17.9. The molecule has 0 radical (unpaired) electrons. The van der Waals surface area contributed by atoms with Crippen LogP contribution in [0.15, 0.2) is 54.6 Å². The van der Waals surface area contributed by atoms with Crippen molar-refractivity contribution in [3.05, 3.63) is 71.3 Å². The predicted octanol–water partition coefficient (Wildman–Crippen LogP) is 4.29. The fraction of sp³-hybridized carbons (Fsp3) is 0.417. The van der Waals surface area contributed by atoms with Gasteiger partial charge in [0.15, 0.2) is 0 Å². The summed E-state index contributed by atoms with van der Waals surface area (Å²) in [5.41, 5.74) is 8.34. The number of hydrazine groups is 1. The minimum absolute atomic E-state index is 0.227. The van der Waals surface area contributed by atoms with E-state index in [1.54, 1.807) is 0 Å². The first-order chi connectivity index (χ1) is 14.1. The molecule has 0 aliphatic heterocycles. The maximum absolute atomic E-state index is 12.5. The molecule has 0 aromatic heterocycles. The summed E-state index contributed by atoms with van der Waals surface area (Å²) in [6.07, 6.45) is 6.94. The van der Waals surface area contributed by atoms with E-state index in [1.807, 2.05) is 37.3 Å². The van der Waals surface area contributed by atoms with Gasteiger partial charge in [0.05, 0.1) is 5.92 Å². The molecule has 1 atom stereocenters. The van der Waals surface area contributed by atoms with Crippen molar-refractivity contribution in [1.29, 1.82) is 0 Å². The second-order valence-corrected chi connectivity index (χ2v) is 7.96. The maximum atomic E-state index is 12.5. The van der Waals surface area contributed by atoms with Crippen LogP contribution in [0.4, 0.5) is 4.79 Å². The summed E-state index contributed by atoms with van der Waals surface area (Å²) in [5, 5.41) is 2.86. The highest BCUT2D eigenvalue weighted by atomic mass is 16.2. The molecule has 2 aromatic rings. The van der Waals surface area contributed by atoms with E-state index in [0.717, 1.165) is 17.5 Å². The second-order valence-electron chi connectivity index (χ2n) is 7.96. The van der Waals surface area contributed by atoms with Crippen molar-refractivity contribution >= 4 is 11.9 Å². The Morgan fingerprint density at radius 1 is 0.931 bits per heavy atom. The van der Waals surface area contributed by atoms with Gasteiger partial charge in [0.1, 0.15) is 0 Å². The minimum Gasteiger partial charge on any atom is -0.336 e. The summed E-state index contributed by atoms with van der Waals surface area (Å²) in [7, 11) is 0. The van der Waals surface area contributed by atoms with Crippen LogP contribution in [0.1, 0.15) is 61.6 Å². The van der Waals surface area contributed by atoms with Gasteiger partial charge in [-0.3, -0.25) is 10.2 Å². The number of hydrogen-bond donors (Lipinski definition) is 3. The number of hydrogen-bond acceptors (Lipinski definition) is 2. The van der Waals surface area contributed by atoms with Gasteiger partial charge < -0.3 is 5.32 Å². The van der Waals surface area contributed by atoms with Gasteiger partial charge >= 0.3 is 6.03 Å². The molecule has 0 bridgehead atoms. The number of rotatable bonds is 6. The minimum atomic E-state index is -0.357. The van der Waals surface area contributed by atoms with Gasteiger partial charge in [0.25, 0.3) is 0 Å². The summed E-state index contributed by atoms with van der Waals surface area (Å²) < 4.78 is 0. The lowest BCUT2D eigenvalue weighted by Crippen LogP contribution is -2.49. The predicted molar refractivity (Wildman–Crippen MR) is 115 cm³/mol. The summed E-state index contributed by atoms with van der Waals surface area (Å²) in [6.45, 7) is 2.51. The zero-order valence-corrected chi connectivity index (χ0v) is 17.1. The smallest absolute Gasteiger partial charge is 0.333 e. The number of carbonyl (C=O) groups excluding carboxylic acids is 2. The average Bonchev–Trinajstić information content (AvgIpc) is 2.77. The summed E-state index contributed by atoms with van der Waals surface area (Å²) in [5.74, 6) is -0.0319. The number of nitrogens with one attached hydrogen (secondary N) is 3. The SMILES string of the molecule is CC(C(=O)NNC(=O)NCC1CCCCC1)c1cccc(Cc2ccccc2)c1. The second kappa shape index (κ2) is 10.6. The van der Waals surface area contributed by atoms with Crippen LogP contribution < -0.4 is 16.2 Å².